The molecule has 2 heteroatoms. The molecule has 1 N–H and O–H groups in total. The molecule has 0 aliphatic rings. The number of nitrogens with one attached hydrogen (secondary N) is 1. The van der Waals surface area contributed by atoms with E-state index < -0.39 is 0 Å². The van der Waals surface area contributed by atoms with Gasteiger partial charge < -0.3 is 5.32 Å². The Morgan fingerprint density at radius 1 is 1.24 bits per heavy atom. The van der Waals surface area contributed by atoms with Crippen LogP contribution < -0.4 is 5.32 Å². The third kappa shape index (κ3) is 4.47. The van der Waals surface area contributed by atoms with Crippen LogP contribution >= 0.6 is 0 Å². The first-order valence-corrected chi connectivity index (χ1v) is 6.54. The number of hydrogen-bond donors (Lipinski definition) is 1. The summed E-state index contributed by atoms with van der Waals surface area (Å²) in [5.41, 5.74) is 2.27. The third-order valence-corrected chi connectivity index (χ3v) is 3.10. The third-order valence-electron chi connectivity index (χ3n) is 3.10. The van der Waals surface area contributed by atoms with Gasteiger partial charge in [0.25, 0.3) is 0 Å². The van der Waals surface area contributed by atoms with Gasteiger partial charge in [-0.1, -0.05) is 26.8 Å². The minimum Gasteiger partial charge on any atom is -0.310 e. The predicted molar refractivity (Wildman–Crippen MR) is 71.6 cm³/mol. The van der Waals surface area contributed by atoms with Crippen molar-refractivity contribution in [3.63, 3.8) is 0 Å². The smallest absolute Gasteiger partial charge is 0.123 e. The average Bonchev–Trinajstić information content (AvgIpc) is 2.27. The van der Waals surface area contributed by atoms with Gasteiger partial charge in [-0.25, -0.2) is 4.39 Å². The van der Waals surface area contributed by atoms with Crippen molar-refractivity contribution < 1.29 is 4.39 Å². The number of rotatable bonds is 6. The van der Waals surface area contributed by atoms with Gasteiger partial charge in [0.15, 0.2) is 0 Å². The van der Waals surface area contributed by atoms with E-state index in [-0.39, 0.29) is 11.9 Å². The molecule has 0 spiro atoms. The number of hydrogen-bond acceptors (Lipinski definition) is 1. The van der Waals surface area contributed by atoms with E-state index in [1.165, 1.54) is 11.6 Å². The molecule has 1 nitrogen and oxygen atoms in total. The molecule has 0 amide bonds. The zero-order valence-electron chi connectivity index (χ0n) is 11.4. The normalized spacial score (nSPS) is 13.1. The maximum absolute atomic E-state index is 13.3. The maximum Gasteiger partial charge on any atom is 0.123 e. The van der Waals surface area contributed by atoms with Crippen molar-refractivity contribution in [3.8, 4) is 0 Å². The lowest BCUT2D eigenvalue weighted by Crippen LogP contribution is -2.22. The highest BCUT2D eigenvalue weighted by atomic mass is 19.1. The molecule has 96 valence electrons. The summed E-state index contributed by atoms with van der Waals surface area (Å²) in [5.74, 6) is 0.545. The molecule has 0 heterocycles. The van der Waals surface area contributed by atoms with Crippen LogP contribution in [0.4, 0.5) is 4.39 Å². The van der Waals surface area contributed by atoms with E-state index >= 15 is 0 Å². The molecule has 1 aromatic carbocycles. The van der Waals surface area contributed by atoms with Gasteiger partial charge in [-0.15, -0.1) is 0 Å². The van der Waals surface area contributed by atoms with E-state index in [4.69, 9.17) is 0 Å². The van der Waals surface area contributed by atoms with E-state index in [0.717, 1.165) is 24.9 Å². The Bertz CT molecular complexity index is 347. The largest absolute Gasteiger partial charge is 0.310 e. The van der Waals surface area contributed by atoms with Gasteiger partial charge in [0.05, 0.1) is 0 Å². The molecule has 1 atom stereocenters. The highest BCUT2D eigenvalue weighted by Crippen LogP contribution is 2.24. The van der Waals surface area contributed by atoms with Crippen molar-refractivity contribution in [1.82, 2.24) is 5.32 Å². The Hall–Kier alpha value is -0.890. The Kier molecular flexibility index (Phi) is 5.63. The minimum absolute atomic E-state index is 0.141. The van der Waals surface area contributed by atoms with E-state index in [0.29, 0.717) is 5.92 Å². The predicted octanol–water partition coefficient (Wildman–Crippen LogP) is 4.22. The lowest BCUT2D eigenvalue weighted by atomic mass is 9.94. The summed E-state index contributed by atoms with van der Waals surface area (Å²) < 4.78 is 13.3. The lowest BCUT2D eigenvalue weighted by Gasteiger charge is -2.21. The van der Waals surface area contributed by atoms with E-state index in [2.05, 4.69) is 33.0 Å². The molecule has 1 aromatic rings. The van der Waals surface area contributed by atoms with Crippen molar-refractivity contribution in [3.05, 3.63) is 35.1 Å². The topological polar surface area (TPSA) is 12.0 Å². The summed E-state index contributed by atoms with van der Waals surface area (Å²) in [7, 11) is 0. The van der Waals surface area contributed by atoms with Gasteiger partial charge in [-0.3, -0.25) is 0 Å². The highest BCUT2D eigenvalue weighted by Gasteiger charge is 2.14. The molecule has 1 unspecified atom stereocenters. The lowest BCUT2D eigenvalue weighted by molar-refractivity contribution is 0.445. The number of aryl methyl sites for hydroxylation is 1. The van der Waals surface area contributed by atoms with Crippen LogP contribution in [-0.2, 0) is 0 Å². The average molecular weight is 237 g/mol. The highest BCUT2D eigenvalue weighted by molar-refractivity contribution is 5.29. The second-order valence-electron chi connectivity index (χ2n) is 5.08. The fraction of sp³-hybridized carbons (Fsp3) is 0.600. The second kappa shape index (κ2) is 6.75. The van der Waals surface area contributed by atoms with Crippen LogP contribution in [0.2, 0.25) is 0 Å². The van der Waals surface area contributed by atoms with Crippen LogP contribution in [0.5, 0.6) is 0 Å². The van der Waals surface area contributed by atoms with Gasteiger partial charge in [-0.05, 0) is 55.5 Å². The first-order valence-electron chi connectivity index (χ1n) is 6.54. The second-order valence-corrected chi connectivity index (χ2v) is 5.08. The van der Waals surface area contributed by atoms with Crippen molar-refractivity contribution in [2.75, 3.05) is 6.54 Å². The quantitative estimate of drug-likeness (QED) is 0.781. The number of benzene rings is 1. The van der Waals surface area contributed by atoms with E-state index in [1.54, 1.807) is 6.07 Å². The SMILES string of the molecule is CCNC(CCC(C)C)c1cc(F)ccc1C. The summed E-state index contributed by atoms with van der Waals surface area (Å²) in [6, 6.07) is 5.34. The molecule has 0 aliphatic carbocycles. The summed E-state index contributed by atoms with van der Waals surface area (Å²) >= 11 is 0. The van der Waals surface area contributed by atoms with Crippen molar-refractivity contribution in [2.24, 2.45) is 5.92 Å². The van der Waals surface area contributed by atoms with Crippen LogP contribution in [0.3, 0.4) is 0 Å². The first-order chi connectivity index (χ1) is 8.04. The van der Waals surface area contributed by atoms with Crippen molar-refractivity contribution >= 4 is 0 Å². The fourth-order valence-corrected chi connectivity index (χ4v) is 2.10. The van der Waals surface area contributed by atoms with Gasteiger partial charge >= 0.3 is 0 Å². The van der Waals surface area contributed by atoms with Gasteiger partial charge in [0.1, 0.15) is 5.82 Å². The minimum atomic E-state index is -0.141. The van der Waals surface area contributed by atoms with Crippen LogP contribution in [0.1, 0.15) is 50.8 Å². The molecule has 0 fully saturated rings. The zero-order valence-corrected chi connectivity index (χ0v) is 11.4. The Morgan fingerprint density at radius 2 is 1.94 bits per heavy atom. The zero-order chi connectivity index (χ0) is 12.8. The van der Waals surface area contributed by atoms with Gasteiger partial charge in [0.2, 0.25) is 0 Å². The molecule has 0 radical (unpaired) electrons. The molecule has 17 heavy (non-hydrogen) atoms. The molecular formula is C15H24FN. The Labute approximate surface area is 104 Å². The molecule has 0 aromatic heterocycles. The molecule has 0 saturated heterocycles. The van der Waals surface area contributed by atoms with Crippen molar-refractivity contribution in [2.45, 2.75) is 46.6 Å². The van der Waals surface area contributed by atoms with Gasteiger partial charge in [0, 0.05) is 6.04 Å². The Balaban J connectivity index is 2.84. The summed E-state index contributed by atoms with van der Waals surface area (Å²) in [5, 5.41) is 3.46. The molecule has 0 aliphatic heterocycles. The van der Waals surface area contributed by atoms with E-state index in [1.807, 2.05) is 6.07 Å². The Morgan fingerprint density at radius 3 is 2.53 bits per heavy atom. The summed E-state index contributed by atoms with van der Waals surface area (Å²) in [6.45, 7) is 9.51. The van der Waals surface area contributed by atoms with E-state index in [9.17, 15) is 4.39 Å². The molecule has 0 saturated carbocycles. The fourth-order valence-electron chi connectivity index (χ4n) is 2.10. The summed E-state index contributed by atoms with van der Waals surface area (Å²) in [6.07, 6.45) is 2.23. The molecule has 1 rings (SSSR count). The first kappa shape index (κ1) is 14.2. The molecule has 0 bridgehead atoms. The van der Waals surface area contributed by atoms with Crippen LogP contribution in [0.25, 0.3) is 0 Å². The monoisotopic (exact) mass is 237 g/mol. The van der Waals surface area contributed by atoms with Crippen LogP contribution in [0.15, 0.2) is 18.2 Å². The maximum atomic E-state index is 13.3. The van der Waals surface area contributed by atoms with Crippen molar-refractivity contribution in [1.29, 1.82) is 0 Å². The van der Waals surface area contributed by atoms with Crippen LogP contribution in [-0.4, -0.2) is 6.54 Å². The number of halogens is 1. The summed E-state index contributed by atoms with van der Waals surface area (Å²) in [4.78, 5) is 0. The van der Waals surface area contributed by atoms with Gasteiger partial charge in [-0.2, -0.15) is 0 Å². The molecular weight excluding hydrogens is 213 g/mol. The standard InChI is InChI=1S/C15H24FN/c1-5-17-15(9-6-11(2)3)14-10-13(16)8-7-12(14)4/h7-8,10-11,15,17H,5-6,9H2,1-4H3. The van der Waals surface area contributed by atoms with Crippen LogP contribution in [0, 0.1) is 18.7 Å².